The molecule has 8 nitrogen and oxygen atoms in total. The molecule has 0 heterocycles. The maximum absolute atomic E-state index is 13.7. The molecule has 0 saturated carbocycles. The van der Waals surface area contributed by atoms with E-state index in [4.69, 9.17) is 9.47 Å². The molecule has 0 fully saturated rings. The molecule has 0 bridgehead atoms. The molecule has 0 unspecified atom stereocenters. The number of alkyl carbamates (subject to hydrolysis) is 1. The summed E-state index contributed by atoms with van der Waals surface area (Å²) in [6.45, 7) is -1.38. The van der Waals surface area contributed by atoms with Gasteiger partial charge in [-0.25, -0.2) is 9.59 Å². The number of ketones is 1. The second kappa shape index (κ2) is 18.3. The van der Waals surface area contributed by atoms with Crippen LogP contribution in [0.3, 0.4) is 0 Å². The number of benzene rings is 4. The number of amides is 2. The lowest BCUT2D eigenvalue weighted by Crippen LogP contribution is -2.54. The zero-order valence-corrected chi connectivity index (χ0v) is 28.0. The van der Waals surface area contributed by atoms with E-state index in [1.54, 1.807) is 91.0 Å². The van der Waals surface area contributed by atoms with E-state index in [1.165, 1.54) is 11.8 Å². The van der Waals surface area contributed by atoms with E-state index in [-0.39, 0.29) is 18.8 Å². The normalized spacial score (nSPS) is 12.7. The highest BCUT2D eigenvalue weighted by molar-refractivity contribution is 7.98. The Bertz CT molecular complexity index is 1780. The third kappa shape index (κ3) is 11.9. The fourth-order valence-corrected chi connectivity index (χ4v) is 5.93. The van der Waals surface area contributed by atoms with Crippen LogP contribution in [0.15, 0.2) is 109 Å². The summed E-state index contributed by atoms with van der Waals surface area (Å²) >= 11 is 1.18. The quantitative estimate of drug-likeness (QED) is 0.0964. The van der Waals surface area contributed by atoms with E-state index in [9.17, 15) is 45.5 Å². The average Bonchev–Trinajstić information content (AvgIpc) is 3.12. The minimum atomic E-state index is -5.35. The number of ether oxygens (including phenoxy) is 2. The second-order valence-corrected chi connectivity index (χ2v) is 12.3. The van der Waals surface area contributed by atoms with Crippen LogP contribution in [0.25, 0.3) is 0 Å². The number of nitrogens with one attached hydrogen (secondary N) is 2. The minimum absolute atomic E-state index is 0.0470. The summed E-state index contributed by atoms with van der Waals surface area (Å²) in [6, 6.07) is 24.6. The van der Waals surface area contributed by atoms with Crippen molar-refractivity contribution in [2.75, 3.05) is 12.4 Å². The van der Waals surface area contributed by atoms with Gasteiger partial charge in [-0.2, -0.15) is 38.1 Å². The van der Waals surface area contributed by atoms with Crippen molar-refractivity contribution < 1.29 is 55.0 Å². The SMILES string of the molecule is O=C(N[C@@H](Cc1ccccc1)C(=O)N[C@@H](CSCc1ccccc1)C(=O)COC(=O)c1c(C(F)(F)F)cccc1C(F)(F)F)OCc1ccccc1. The number of hydrogen-bond acceptors (Lipinski definition) is 7. The lowest BCUT2D eigenvalue weighted by Gasteiger charge is -2.23. The Morgan fingerprint density at radius 2 is 1.13 bits per heavy atom. The monoisotopic (exact) mass is 746 g/mol. The summed E-state index contributed by atoms with van der Waals surface area (Å²) in [5, 5.41) is 4.99. The molecule has 0 aromatic heterocycles. The van der Waals surface area contributed by atoms with Gasteiger partial charge in [0.15, 0.2) is 12.4 Å². The van der Waals surface area contributed by atoms with Crippen LogP contribution in [0.5, 0.6) is 0 Å². The van der Waals surface area contributed by atoms with Crippen molar-refractivity contribution in [3.8, 4) is 0 Å². The van der Waals surface area contributed by atoms with Crippen LogP contribution < -0.4 is 10.6 Å². The number of hydrogen-bond donors (Lipinski definition) is 2. The van der Waals surface area contributed by atoms with Crippen molar-refractivity contribution in [1.29, 1.82) is 0 Å². The molecule has 0 aliphatic rings. The van der Waals surface area contributed by atoms with Crippen molar-refractivity contribution in [3.63, 3.8) is 0 Å². The van der Waals surface area contributed by atoms with Crippen molar-refractivity contribution in [3.05, 3.63) is 143 Å². The predicted molar refractivity (Wildman–Crippen MR) is 180 cm³/mol. The van der Waals surface area contributed by atoms with E-state index in [0.29, 0.717) is 35.1 Å². The Morgan fingerprint density at radius 1 is 0.615 bits per heavy atom. The van der Waals surface area contributed by atoms with E-state index in [2.05, 4.69) is 10.6 Å². The first kappa shape index (κ1) is 39.5. The first-order valence-corrected chi connectivity index (χ1v) is 16.8. The zero-order chi connectivity index (χ0) is 37.7. The standard InChI is InChI=1S/C37H32F6N2O6S/c38-36(39,40)27-17-10-18-28(37(41,42)43)32(27)34(48)50-21-31(46)30(23-52-22-26-15-8-3-9-16-26)44-33(47)29(19-24-11-4-1-5-12-24)45-35(49)51-20-25-13-6-2-7-14-25/h1-18,29-30H,19-23H2,(H,44,47)(H,45,49)/t29-,30-/m0/s1. The number of carbonyl (C=O) groups excluding carboxylic acids is 4. The van der Waals surface area contributed by atoms with E-state index in [1.807, 2.05) is 0 Å². The molecular weight excluding hydrogens is 714 g/mol. The third-order valence-corrected chi connectivity index (χ3v) is 8.54. The molecule has 0 radical (unpaired) electrons. The minimum Gasteiger partial charge on any atom is -0.454 e. The van der Waals surface area contributed by atoms with Crippen LogP contribution in [-0.2, 0) is 50.2 Å². The smallest absolute Gasteiger partial charge is 0.417 e. The molecule has 52 heavy (non-hydrogen) atoms. The van der Waals surface area contributed by atoms with Crippen LogP contribution >= 0.6 is 11.8 Å². The summed E-state index contributed by atoms with van der Waals surface area (Å²) in [7, 11) is 0. The molecule has 2 amide bonds. The number of rotatable bonds is 15. The van der Waals surface area contributed by atoms with Gasteiger partial charge in [-0.1, -0.05) is 97.1 Å². The molecule has 2 N–H and O–H groups in total. The van der Waals surface area contributed by atoms with Gasteiger partial charge in [-0.15, -0.1) is 0 Å². The fraction of sp³-hybridized carbons (Fsp3) is 0.243. The zero-order valence-electron chi connectivity index (χ0n) is 27.2. The topological polar surface area (TPSA) is 111 Å². The molecule has 0 aliphatic heterocycles. The first-order chi connectivity index (χ1) is 24.7. The summed E-state index contributed by atoms with van der Waals surface area (Å²) in [6.07, 6.45) is -11.7. The van der Waals surface area contributed by atoms with Gasteiger partial charge in [0.25, 0.3) is 0 Å². The van der Waals surface area contributed by atoms with Gasteiger partial charge in [-0.3, -0.25) is 9.59 Å². The number of Topliss-reactive ketones (excluding diaryl/α,β-unsaturated/α-hetero) is 1. The molecule has 4 rings (SSSR count). The molecule has 15 heteroatoms. The van der Waals surface area contributed by atoms with Crippen molar-refractivity contribution >= 4 is 35.5 Å². The van der Waals surface area contributed by atoms with Crippen LogP contribution in [0.1, 0.15) is 38.2 Å². The van der Waals surface area contributed by atoms with Crippen LogP contribution in [-0.4, -0.2) is 48.2 Å². The van der Waals surface area contributed by atoms with Gasteiger partial charge in [0.05, 0.1) is 16.7 Å². The fourth-order valence-electron chi connectivity index (χ4n) is 4.88. The maximum atomic E-state index is 13.7. The highest BCUT2D eigenvalue weighted by Crippen LogP contribution is 2.39. The van der Waals surface area contributed by atoms with Gasteiger partial charge >= 0.3 is 24.4 Å². The molecule has 2 atom stereocenters. The molecule has 274 valence electrons. The lowest BCUT2D eigenvalue weighted by atomic mass is 10.00. The van der Waals surface area contributed by atoms with Gasteiger partial charge in [0.1, 0.15) is 18.7 Å². The van der Waals surface area contributed by atoms with Gasteiger partial charge < -0.3 is 20.1 Å². The number of carbonyl (C=O) groups is 4. The van der Waals surface area contributed by atoms with Gasteiger partial charge in [0, 0.05) is 17.9 Å². The third-order valence-electron chi connectivity index (χ3n) is 7.43. The molecule has 4 aromatic carbocycles. The molecule has 0 spiro atoms. The Labute approximate surface area is 298 Å². The lowest BCUT2D eigenvalue weighted by molar-refractivity contribution is -0.144. The predicted octanol–water partition coefficient (Wildman–Crippen LogP) is 7.41. The number of esters is 1. The highest BCUT2D eigenvalue weighted by atomic mass is 32.2. The Balaban J connectivity index is 1.53. The van der Waals surface area contributed by atoms with E-state index >= 15 is 0 Å². The van der Waals surface area contributed by atoms with Crippen LogP contribution in [0, 0.1) is 0 Å². The number of alkyl halides is 6. The summed E-state index contributed by atoms with van der Waals surface area (Å²) in [5.74, 6) is -3.69. The Kier molecular flexibility index (Phi) is 13.9. The van der Waals surface area contributed by atoms with Crippen molar-refractivity contribution in [1.82, 2.24) is 10.6 Å². The number of thioether (sulfide) groups is 1. The molecule has 4 aromatic rings. The largest absolute Gasteiger partial charge is 0.454 e. The second-order valence-electron chi connectivity index (χ2n) is 11.3. The van der Waals surface area contributed by atoms with Gasteiger partial charge in [-0.05, 0) is 28.8 Å². The van der Waals surface area contributed by atoms with Crippen LogP contribution in [0.4, 0.5) is 31.1 Å². The van der Waals surface area contributed by atoms with Crippen molar-refractivity contribution in [2.45, 2.75) is 43.2 Å². The average molecular weight is 747 g/mol. The van der Waals surface area contributed by atoms with Crippen molar-refractivity contribution in [2.24, 2.45) is 0 Å². The Morgan fingerprint density at radius 3 is 1.67 bits per heavy atom. The summed E-state index contributed by atoms with van der Waals surface area (Å²) < 4.78 is 91.9. The molecular formula is C37H32F6N2O6S. The Hall–Kier alpha value is -5.31. The first-order valence-electron chi connectivity index (χ1n) is 15.6. The molecule has 0 aliphatic carbocycles. The highest BCUT2D eigenvalue weighted by Gasteiger charge is 2.43. The summed E-state index contributed by atoms with van der Waals surface area (Å²) in [4.78, 5) is 52.7. The van der Waals surface area contributed by atoms with E-state index < -0.39 is 71.5 Å². The summed E-state index contributed by atoms with van der Waals surface area (Å²) in [5.41, 5.74) is -3.42. The number of halogens is 6. The van der Waals surface area contributed by atoms with E-state index in [0.717, 1.165) is 5.56 Å². The van der Waals surface area contributed by atoms with Gasteiger partial charge in [0.2, 0.25) is 5.91 Å². The maximum Gasteiger partial charge on any atom is 0.417 e. The van der Waals surface area contributed by atoms with Crippen LogP contribution in [0.2, 0.25) is 0 Å². The molecule has 0 saturated heterocycles.